The van der Waals surface area contributed by atoms with Gasteiger partial charge >= 0.3 is 0 Å². The van der Waals surface area contributed by atoms with Gasteiger partial charge in [-0.2, -0.15) is 5.10 Å². The Morgan fingerprint density at radius 2 is 1.86 bits per heavy atom. The highest BCUT2D eigenvalue weighted by molar-refractivity contribution is 5.43. The van der Waals surface area contributed by atoms with Crippen molar-refractivity contribution in [2.45, 2.75) is 39.5 Å². The number of rotatable bonds is 13. The minimum Gasteiger partial charge on any atom is -0.435 e. The van der Waals surface area contributed by atoms with E-state index in [0.717, 1.165) is 17.8 Å². The Bertz CT molecular complexity index is 1080. The number of ether oxygens (including phenoxy) is 3. The van der Waals surface area contributed by atoms with Crippen LogP contribution in [0.4, 0.5) is 8.78 Å². The van der Waals surface area contributed by atoms with Crippen molar-refractivity contribution in [1.82, 2.24) is 14.7 Å². The van der Waals surface area contributed by atoms with Gasteiger partial charge in [-0.15, -0.1) is 0 Å². The monoisotopic (exact) mass is 489 g/mol. The number of benzene rings is 2. The SMILES string of the molecule is COCCN(Cc1c(C)nn(-c2ccccc2)c1Oc1ccc(F)cc1F)CC(O)COC(C)C. The Kier molecular flexibility index (Phi) is 9.73. The van der Waals surface area contributed by atoms with Crippen LogP contribution in [0.3, 0.4) is 0 Å². The molecule has 35 heavy (non-hydrogen) atoms. The first kappa shape index (κ1) is 26.7. The number of para-hydroxylation sites is 1. The van der Waals surface area contributed by atoms with Crippen LogP contribution in [0.2, 0.25) is 0 Å². The van der Waals surface area contributed by atoms with E-state index in [4.69, 9.17) is 14.2 Å². The quantitative estimate of drug-likeness (QED) is 0.382. The Labute approximate surface area is 204 Å². The maximum absolute atomic E-state index is 14.5. The maximum Gasteiger partial charge on any atom is 0.227 e. The van der Waals surface area contributed by atoms with Crippen molar-refractivity contribution >= 4 is 0 Å². The van der Waals surface area contributed by atoms with Crippen LogP contribution in [0.25, 0.3) is 5.69 Å². The van der Waals surface area contributed by atoms with Gasteiger partial charge in [0.2, 0.25) is 5.88 Å². The van der Waals surface area contributed by atoms with Crippen molar-refractivity contribution in [3.63, 3.8) is 0 Å². The van der Waals surface area contributed by atoms with Crippen molar-refractivity contribution < 1.29 is 28.1 Å². The predicted octanol–water partition coefficient (Wildman–Crippen LogP) is 4.49. The van der Waals surface area contributed by atoms with Gasteiger partial charge in [-0.1, -0.05) is 18.2 Å². The van der Waals surface area contributed by atoms with Crippen LogP contribution in [0, 0.1) is 18.6 Å². The summed E-state index contributed by atoms with van der Waals surface area (Å²) in [5.74, 6) is -1.30. The predicted molar refractivity (Wildman–Crippen MR) is 129 cm³/mol. The van der Waals surface area contributed by atoms with Gasteiger partial charge in [0.05, 0.1) is 42.4 Å². The lowest BCUT2D eigenvalue weighted by molar-refractivity contribution is -0.0122. The second-order valence-corrected chi connectivity index (χ2v) is 8.56. The zero-order valence-electron chi connectivity index (χ0n) is 20.6. The fourth-order valence-electron chi connectivity index (χ4n) is 3.56. The Balaban J connectivity index is 1.96. The summed E-state index contributed by atoms with van der Waals surface area (Å²) in [6.07, 6.45) is -0.702. The molecule has 1 heterocycles. The third-order valence-electron chi connectivity index (χ3n) is 5.32. The second kappa shape index (κ2) is 12.7. The standard InChI is InChI=1S/C26H33F2N3O4/c1-18(2)34-17-22(32)15-30(12-13-33-4)16-23-19(3)29-31(21-8-6-5-7-9-21)26(23)35-25-11-10-20(27)14-24(25)28/h5-11,14,18,22,32H,12-13,15-17H2,1-4H3. The smallest absolute Gasteiger partial charge is 0.227 e. The molecule has 1 aromatic heterocycles. The average molecular weight is 490 g/mol. The third kappa shape index (κ3) is 7.57. The van der Waals surface area contributed by atoms with Crippen LogP contribution in [-0.4, -0.2) is 65.4 Å². The molecule has 0 saturated heterocycles. The first-order valence-corrected chi connectivity index (χ1v) is 11.6. The first-order chi connectivity index (χ1) is 16.8. The number of aliphatic hydroxyl groups is 1. The Hall–Kier alpha value is -2.85. The molecule has 1 unspecified atom stereocenters. The number of aromatic nitrogens is 2. The topological polar surface area (TPSA) is 69.0 Å². The number of methoxy groups -OCH3 is 1. The molecule has 1 atom stereocenters. The average Bonchev–Trinajstić information content (AvgIpc) is 3.13. The summed E-state index contributed by atoms with van der Waals surface area (Å²) in [6.45, 7) is 7.55. The van der Waals surface area contributed by atoms with Crippen LogP contribution < -0.4 is 4.74 Å². The van der Waals surface area contributed by atoms with Gasteiger partial charge in [0.15, 0.2) is 11.6 Å². The largest absolute Gasteiger partial charge is 0.435 e. The van der Waals surface area contributed by atoms with E-state index >= 15 is 0 Å². The van der Waals surface area contributed by atoms with Crippen molar-refractivity contribution in [3.05, 3.63) is 71.4 Å². The third-order valence-corrected chi connectivity index (χ3v) is 5.32. The summed E-state index contributed by atoms with van der Waals surface area (Å²) in [4.78, 5) is 2.01. The van der Waals surface area contributed by atoms with Gasteiger partial charge in [-0.3, -0.25) is 4.90 Å². The Morgan fingerprint density at radius 1 is 1.11 bits per heavy atom. The summed E-state index contributed by atoms with van der Waals surface area (Å²) in [5.41, 5.74) is 2.13. The fraction of sp³-hybridized carbons (Fsp3) is 0.423. The molecule has 0 aliphatic heterocycles. The van der Waals surface area contributed by atoms with Crippen LogP contribution in [-0.2, 0) is 16.0 Å². The first-order valence-electron chi connectivity index (χ1n) is 11.6. The van der Waals surface area contributed by atoms with E-state index in [2.05, 4.69) is 5.10 Å². The Morgan fingerprint density at radius 3 is 2.51 bits per heavy atom. The molecule has 0 saturated carbocycles. The van der Waals surface area contributed by atoms with E-state index in [1.165, 1.54) is 6.07 Å². The van der Waals surface area contributed by atoms with Crippen LogP contribution >= 0.6 is 0 Å². The lowest BCUT2D eigenvalue weighted by Crippen LogP contribution is -2.37. The number of aliphatic hydroxyl groups excluding tert-OH is 1. The van der Waals surface area contributed by atoms with Crippen LogP contribution in [0.1, 0.15) is 25.1 Å². The van der Waals surface area contributed by atoms with Gasteiger partial charge in [-0.25, -0.2) is 13.5 Å². The number of hydrogen-bond donors (Lipinski definition) is 1. The summed E-state index contributed by atoms with van der Waals surface area (Å²) in [5, 5.41) is 15.2. The van der Waals surface area contributed by atoms with Crippen molar-refractivity contribution in [1.29, 1.82) is 0 Å². The second-order valence-electron chi connectivity index (χ2n) is 8.56. The summed E-state index contributed by atoms with van der Waals surface area (Å²) >= 11 is 0. The van der Waals surface area contributed by atoms with Gasteiger partial charge in [-0.05, 0) is 45.0 Å². The normalized spacial score (nSPS) is 12.5. The summed E-state index contributed by atoms with van der Waals surface area (Å²) in [7, 11) is 1.61. The molecule has 0 fully saturated rings. The van der Waals surface area contributed by atoms with Crippen molar-refractivity contribution in [2.24, 2.45) is 0 Å². The van der Waals surface area contributed by atoms with Crippen LogP contribution in [0.5, 0.6) is 11.6 Å². The molecule has 3 rings (SSSR count). The molecule has 3 aromatic rings. The van der Waals surface area contributed by atoms with E-state index in [1.807, 2.05) is 56.0 Å². The molecule has 0 radical (unpaired) electrons. The lowest BCUT2D eigenvalue weighted by atomic mass is 10.2. The molecular weight excluding hydrogens is 456 g/mol. The summed E-state index contributed by atoms with van der Waals surface area (Å²) < 4.78 is 46.4. The number of nitrogens with zero attached hydrogens (tertiary/aromatic N) is 3. The van der Waals surface area contributed by atoms with Gasteiger partial charge in [0, 0.05) is 32.8 Å². The molecule has 7 nitrogen and oxygen atoms in total. The molecule has 0 aliphatic carbocycles. The molecule has 0 aliphatic rings. The zero-order chi connectivity index (χ0) is 25.4. The number of hydrogen-bond acceptors (Lipinski definition) is 6. The van der Waals surface area contributed by atoms with E-state index in [9.17, 15) is 13.9 Å². The van der Waals surface area contributed by atoms with E-state index < -0.39 is 17.7 Å². The van der Waals surface area contributed by atoms with Crippen molar-refractivity contribution in [2.75, 3.05) is 33.4 Å². The zero-order valence-corrected chi connectivity index (χ0v) is 20.6. The molecule has 1 N–H and O–H groups in total. The minimum absolute atomic E-state index is 0.00836. The van der Waals surface area contributed by atoms with E-state index in [0.29, 0.717) is 43.4 Å². The van der Waals surface area contributed by atoms with Gasteiger partial charge < -0.3 is 19.3 Å². The molecule has 0 bridgehead atoms. The highest BCUT2D eigenvalue weighted by Crippen LogP contribution is 2.33. The fourth-order valence-corrected chi connectivity index (χ4v) is 3.56. The maximum atomic E-state index is 14.5. The van der Waals surface area contributed by atoms with Gasteiger partial charge in [0.1, 0.15) is 5.82 Å². The van der Waals surface area contributed by atoms with Crippen LogP contribution in [0.15, 0.2) is 48.5 Å². The number of halogens is 2. The lowest BCUT2D eigenvalue weighted by Gasteiger charge is -2.25. The van der Waals surface area contributed by atoms with Crippen molar-refractivity contribution in [3.8, 4) is 17.3 Å². The molecule has 0 amide bonds. The minimum atomic E-state index is -0.813. The number of aryl methyl sites for hydroxylation is 1. The van der Waals surface area contributed by atoms with E-state index in [-0.39, 0.29) is 18.5 Å². The molecule has 190 valence electrons. The van der Waals surface area contributed by atoms with Gasteiger partial charge in [0.25, 0.3) is 0 Å². The van der Waals surface area contributed by atoms with E-state index in [1.54, 1.807) is 11.8 Å². The molecule has 2 aromatic carbocycles. The highest BCUT2D eigenvalue weighted by atomic mass is 19.1. The molecule has 9 heteroatoms. The molecule has 0 spiro atoms. The summed E-state index contributed by atoms with van der Waals surface area (Å²) in [6, 6.07) is 12.5. The molecular formula is C26H33F2N3O4. The highest BCUT2D eigenvalue weighted by Gasteiger charge is 2.23.